The molecule has 2 aromatic rings. The SMILES string of the molecule is C=C/C=C(C(=C)Sc1ncc(CC)cc1C)\C(=C/C)NC(=O)C(=C)C=C.CCCOCCC.Cc1ccccc1C. The Morgan fingerprint density at radius 2 is 1.59 bits per heavy atom. The fraction of sp³-hybridized carbons (Fsp3) is 0.333. The predicted octanol–water partition coefficient (Wildman–Crippen LogP) is 9.56. The van der Waals surface area contributed by atoms with E-state index in [2.05, 4.69) is 102 Å². The van der Waals surface area contributed by atoms with Crippen LogP contribution < -0.4 is 5.32 Å². The van der Waals surface area contributed by atoms with Crippen LogP contribution in [0.4, 0.5) is 0 Å². The average Bonchev–Trinajstić information content (AvgIpc) is 2.97. The van der Waals surface area contributed by atoms with Crippen molar-refractivity contribution in [2.75, 3.05) is 13.2 Å². The number of pyridine rings is 1. The molecular formula is C36H50N2O2S. The molecule has 0 aliphatic carbocycles. The largest absolute Gasteiger partial charge is 0.381 e. The summed E-state index contributed by atoms with van der Waals surface area (Å²) in [7, 11) is 0. The Bertz CT molecular complexity index is 1180. The van der Waals surface area contributed by atoms with Crippen molar-refractivity contribution in [2.45, 2.75) is 72.8 Å². The van der Waals surface area contributed by atoms with E-state index in [1.165, 1.54) is 34.5 Å². The molecule has 0 saturated carbocycles. The van der Waals surface area contributed by atoms with Crippen LogP contribution in [0, 0.1) is 20.8 Å². The molecule has 0 radical (unpaired) electrons. The van der Waals surface area contributed by atoms with Crippen LogP contribution in [-0.2, 0) is 16.0 Å². The Morgan fingerprint density at radius 1 is 1.00 bits per heavy atom. The summed E-state index contributed by atoms with van der Waals surface area (Å²) < 4.78 is 5.13. The highest BCUT2D eigenvalue weighted by Crippen LogP contribution is 2.34. The van der Waals surface area contributed by atoms with Crippen LogP contribution in [0.15, 0.2) is 114 Å². The topological polar surface area (TPSA) is 51.2 Å². The third-order valence-electron chi connectivity index (χ3n) is 5.79. The molecule has 0 bridgehead atoms. The van der Waals surface area contributed by atoms with Crippen molar-refractivity contribution >= 4 is 17.7 Å². The molecule has 2 rings (SSSR count). The van der Waals surface area contributed by atoms with Crippen LogP contribution in [0.3, 0.4) is 0 Å². The van der Waals surface area contributed by atoms with Crippen LogP contribution in [0.25, 0.3) is 0 Å². The molecule has 1 N–H and O–H groups in total. The molecule has 41 heavy (non-hydrogen) atoms. The number of carbonyl (C=O) groups is 1. The second-order valence-corrected chi connectivity index (χ2v) is 10.3. The van der Waals surface area contributed by atoms with Crippen LogP contribution >= 0.6 is 11.8 Å². The zero-order chi connectivity index (χ0) is 31.2. The molecule has 1 heterocycles. The van der Waals surface area contributed by atoms with Crippen LogP contribution in [-0.4, -0.2) is 24.1 Å². The van der Waals surface area contributed by atoms with Crippen molar-refractivity contribution in [3.63, 3.8) is 0 Å². The standard InChI is InChI=1S/C22H26N2OS.C8H10.C6H14O/c1-8-12-19(20(11-4)24-21(25)15(5)9-2)17(7)26-22-16(6)13-18(10-3)14-23-22;1-7-5-3-4-6-8(7)2;1-3-5-7-6-4-2/h8-9,11-14H,1-2,5,7,10H2,3-4,6H3,(H,24,25);3-6H,1-2H3;3-6H2,1-2H3/b19-12-,20-11+;;. The number of allylic oxidation sites excluding steroid dienone is 4. The summed E-state index contributed by atoms with van der Waals surface area (Å²) in [5.41, 5.74) is 6.74. The molecule has 1 aromatic carbocycles. The Morgan fingerprint density at radius 3 is 2.00 bits per heavy atom. The summed E-state index contributed by atoms with van der Waals surface area (Å²) >= 11 is 1.47. The lowest BCUT2D eigenvalue weighted by molar-refractivity contribution is -0.116. The van der Waals surface area contributed by atoms with Crippen molar-refractivity contribution in [1.29, 1.82) is 0 Å². The number of carbonyl (C=O) groups excluding carboxylic acids is 1. The van der Waals surface area contributed by atoms with Crippen LogP contribution in [0.5, 0.6) is 0 Å². The zero-order valence-corrected chi connectivity index (χ0v) is 27.1. The minimum absolute atomic E-state index is 0.299. The first-order chi connectivity index (χ1) is 19.6. The Hall–Kier alpha value is -3.41. The van der Waals surface area contributed by atoms with Gasteiger partial charge in [-0.15, -0.1) is 0 Å². The van der Waals surface area contributed by atoms with Gasteiger partial charge in [0.15, 0.2) is 0 Å². The third kappa shape index (κ3) is 15.2. The highest BCUT2D eigenvalue weighted by atomic mass is 32.2. The summed E-state index contributed by atoms with van der Waals surface area (Å²) in [6.45, 7) is 31.5. The number of hydrogen-bond acceptors (Lipinski definition) is 4. The number of rotatable bonds is 13. The number of thioether (sulfide) groups is 1. The van der Waals surface area contributed by atoms with Gasteiger partial charge in [0.2, 0.25) is 0 Å². The fourth-order valence-electron chi connectivity index (χ4n) is 3.19. The van der Waals surface area contributed by atoms with Gasteiger partial charge in [-0.2, -0.15) is 0 Å². The zero-order valence-electron chi connectivity index (χ0n) is 26.3. The van der Waals surface area contributed by atoms with E-state index >= 15 is 0 Å². The maximum Gasteiger partial charge on any atom is 0.255 e. The number of ether oxygens (including phenoxy) is 1. The Labute approximate surface area is 254 Å². The van der Waals surface area contributed by atoms with Gasteiger partial charge >= 0.3 is 0 Å². The number of benzene rings is 1. The van der Waals surface area contributed by atoms with Gasteiger partial charge in [0, 0.05) is 41.2 Å². The van der Waals surface area contributed by atoms with Crippen molar-refractivity contribution in [3.8, 4) is 0 Å². The Kier molecular flexibility index (Phi) is 20.4. The van der Waals surface area contributed by atoms with Crippen molar-refractivity contribution in [3.05, 3.63) is 131 Å². The monoisotopic (exact) mass is 574 g/mol. The molecule has 0 aliphatic heterocycles. The number of nitrogens with one attached hydrogen (secondary N) is 1. The molecule has 5 heteroatoms. The van der Waals surface area contributed by atoms with E-state index in [9.17, 15) is 4.79 Å². The first-order valence-corrected chi connectivity index (χ1v) is 15.0. The van der Waals surface area contributed by atoms with E-state index in [0.29, 0.717) is 11.3 Å². The van der Waals surface area contributed by atoms with E-state index in [4.69, 9.17) is 4.74 Å². The smallest absolute Gasteiger partial charge is 0.255 e. The van der Waals surface area contributed by atoms with E-state index in [1.807, 2.05) is 32.2 Å². The predicted molar refractivity (Wildman–Crippen MR) is 180 cm³/mol. The number of amides is 1. The van der Waals surface area contributed by atoms with Gasteiger partial charge < -0.3 is 10.1 Å². The quantitative estimate of drug-likeness (QED) is 0.112. The summed E-state index contributed by atoms with van der Waals surface area (Å²) in [4.78, 5) is 17.4. The molecule has 0 unspecified atom stereocenters. The molecule has 1 amide bonds. The third-order valence-corrected chi connectivity index (χ3v) is 6.87. The minimum Gasteiger partial charge on any atom is -0.381 e. The van der Waals surface area contributed by atoms with Crippen molar-refractivity contribution in [2.24, 2.45) is 0 Å². The maximum absolute atomic E-state index is 12.1. The van der Waals surface area contributed by atoms with Gasteiger partial charge in [0.05, 0.1) is 0 Å². The lowest BCUT2D eigenvalue weighted by atomic mass is 10.1. The van der Waals surface area contributed by atoms with Gasteiger partial charge in [-0.25, -0.2) is 4.98 Å². The molecule has 0 spiro atoms. The van der Waals surface area contributed by atoms with Gasteiger partial charge in [0.25, 0.3) is 5.91 Å². The summed E-state index contributed by atoms with van der Waals surface area (Å²) in [6, 6.07) is 10.5. The number of aromatic nitrogens is 1. The highest BCUT2D eigenvalue weighted by Gasteiger charge is 2.15. The number of hydrogen-bond donors (Lipinski definition) is 1. The van der Waals surface area contributed by atoms with Crippen LogP contribution in [0.1, 0.15) is 62.8 Å². The van der Waals surface area contributed by atoms with E-state index in [0.717, 1.165) is 53.5 Å². The summed E-state index contributed by atoms with van der Waals surface area (Å²) in [6.07, 6.45) is 11.8. The van der Waals surface area contributed by atoms with E-state index < -0.39 is 0 Å². The van der Waals surface area contributed by atoms with Gasteiger partial charge in [0.1, 0.15) is 5.03 Å². The number of aryl methyl sites for hydroxylation is 4. The lowest BCUT2D eigenvalue weighted by Gasteiger charge is -2.16. The molecular weight excluding hydrogens is 524 g/mol. The summed E-state index contributed by atoms with van der Waals surface area (Å²) in [5, 5.41) is 3.73. The normalized spacial score (nSPS) is 10.8. The van der Waals surface area contributed by atoms with E-state index in [1.54, 1.807) is 6.08 Å². The van der Waals surface area contributed by atoms with Crippen molar-refractivity contribution in [1.82, 2.24) is 10.3 Å². The first kappa shape index (κ1) is 37.6. The summed E-state index contributed by atoms with van der Waals surface area (Å²) in [5.74, 6) is -0.303. The Balaban J connectivity index is 0.000000861. The van der Waals surface area contributed by atoms with E-state index in [-0.39, 0.29) is 5.91 Å². The van der Waals surface area contributed by atoms with Gasteiger partial charge in [-0.1, -0.05) is 113 Å². The van der Waals surface area contributed by atoms with Gasteiger partial charge in [-0.05, 0) is 69.2 Å². The molecule has 0 fully saturated rings. The molecule has 4 nitrogen and oxygen atoms in total. The minimum atomic E-state index is -0.303. The highest BCUT2D eigenvalue weighted by molar-refractivity contribution is 8.03. The molecule has 222 valence electrons. The second-order valence-electron chi connectivity index (χ2n) is 9.24. The average molecular weight is 575 g/mol. The van der Waals surface area contributed by atoms with Gasteiger partial charge in [-0.3, -0.25) is 4.79 Å². The van der Waals surface area contributed by atoms with Crippen molar-refractivity contribution < 1.29 is 9.53 Å². The molecule has 0 aliphatic rings. The molecule has 1 aromatic heterocycles. The lowest BCUT2D eigenvalue weighted by Crippen LogP contribution is -2.24. The maximum atomic E-state index is 12.1. The molecule has 0 saturated heterocycles. The van der Waals surface area contributed by atoms with Crippen LogP contribution in [0.2, 0.25) is 0 Å². The first-order valence-electron chi connectivity index (χ1n) is 14.1. The molecule has 0 atom stereocenters. The second kappa shape index (κ2) is 22.3. The number of nitrogens with zero attached hydrogens (tertiary/aromatic N) is 1. The fourth-order valence-corrected chi connectivity index (χ4v) is 4.03.